The summed E-state index contributed by atoms with van der Waals surface area (Å²) >= 11 is 0. The zero-order valence-electron chi connectivity index (χ0n) is 10.1. The van der Waals surface area contributed by atoms with Crippen LogP contribution >= 0.6 is 0 Å². The quantitative estimate of drug-likeness (QED) is 0.811. The minimum Gasteiger partial charge on any atom is -0.391 e. The molecule has 6 heteroatoms. The van der Waals surface area contributed by atoms with Gasteiger partial charge in [0, 0.05) is 0 Å². The van der Waals surface area contributed by atoms with Gasteiger partial charge in [-0.15, -0.1) is 0 Å². The maximum absolute atomic E-state index is 13.4. The van der Waals surface area contributed by atoms with Crippen molar-refractivity contribution in [1.82, 2.24) is 5.32 Å². The lowest BCUT2D eigenvalue weighted by Gasteiger charge is -2.28. The van der Waals surface area contributed by atoms with Crippen LogP contribution in [0.3, 0.4) is 0 Å². The summed E-state index contributed by atoms with van der Waals surface area (Å²) in [6, 6.07) is 1.11. The van der Waals surface area contributed by atoms with E-state index in [4.69, 9.17) is 0 Å². The number of carbonyl (C=O) groups is 1. The van der Waals surface area contributed by atoms with E-state index in [0.29, 0.717) is 18.9 Å². The van der Waals surface area contributed by atoms with E-state index in [9.17, 15) is 23.1 Å². The van der Waals surface area contributed by atoms with Gasteiger partial charge in [0.15, 0.2) is 17.5 Å². The molecule has 0 bridgehead atoms. The molecule has 0 unspecified atom stereocenters. The summed E-state index contributed by atoms with van der Waals surface area (Å²) in [6.45, 7) is 0. The first-order valence-corrected chi connectivity index (χ1v) is 6.13. The number of carbonyl (C=O) groups excluding carboxylic acids is 1. The number of aliphatic hydroxyl groups is 1. The number of hydrogen-bond donors (Lipinski definition) is 2. The molecule has 19 heavy (non-hydrogen) atoms. The van der Waals surface area contributed by atoms with Gasteiger partial charge in [-0.3, -0.25) is 4.79 Å². The number of benzene rings is 1. The maximum atomic E-state index is 13.4. The van der Waals surface area contributed by atoms with Crippen LogP contribution in [-0.2, 0) is 0 Å². The minimum atomic E-state index is -1.67. The topological polar surface area (TPSA) is 49.3 Å². The molecule has 1 amide bonds. The van der Waals surface area contributed by atoms with E-state index in [0.717, 1.165) is 18.9 Å². The van der Waals surface area contributed by atoms with Crippen LogP contribution in [0.25, 0.3) is 0 Å². The number of rotatable bonds is 2. The number of nitrogens with one attached hydrogen (secondary N) is 1. The van der Waals surface area contributed by atoms with Crippen molar-refractivity contribution in [3.05, 3.63) is 35.1 Å². The van der Waals surface area contributed by atoms with E-state index in [1.54, 1.807) is 0 Å². The molecular formula is C13H14F3NO2. The van der Waals surface area contributed by atoms with E-state index in [1.165, 1.54) is 0 Å². The Labute approximate surface area is 108 Å². The van der Waals surface area contributed by atoms with Crippen LogP contribution in [0.1, 0.15) is 36.0 Å². The van der Waals surface area contributed by atoms with Crippen LogP contribution in [0.2, 0.25) is 0 Å². The van der Waals surface area contributed by atoms with Crippen LogP contribution in [0.5, 0.6) is 0 Å². The van der Waals surface area contributed by atoms with Crippen molar-refractivity contribution in [1.29, 1.82) is 0 Å². The van der Waals surface area contributed by atoms with E-state index in [-0.39, 0.29) is 0 Å². The molecule has 0 aromatic heterocycles. The fourth-order valence-electron chi connectivity index (χ4n) is 2.23. The lowest BCUT2D eigenvalue weighted by atomic mass is 9.92. The number of amides is 1. The molecule has 0 heterocycles. The molecule has 1 aromatic rings. The minimum absolute atomic E-state index is 0.478. The van der Waals surface area contributed by atoms with Gasteiger partial charge >= 0.3 is 0 Å². The van der Waals surface area contributed by atoms with Crippen LogP contribution in [-0.4, -0.2) is 23.2 Å². The predicted octanol–water partition coefficient (Wildman–Crippen LogP) is 2.14. The Kier molecular flexibility index (Phi) is 4.09. The predicted molar refractivity (Wildman–Crippen MR) is 62.0 cm³/mol. The van der Waals surface area contributed by atoms with Crippen molar-refractivity contribution >= 4 is 5.91 Å². The highest BCUT2D eigenvalue weighted by Gasteiger charge is 2.26. The summed E-state index contributed by atoms with van der Waals surface area (Å²) in [5.41, 5.74) is -0.559. The fourth-order valence-corrected chi connectivity index (χ4v) is 2.23. The molecule has 1 aliphatic rings. The molecule has 2 atom stereocenters. The molecule has 2 rings (SSSR count). The Morgan fingerprint density at radius 1 is 1.16 bits per heavy atom. The standard InChI is InChI=1S/C13H14F3NO2/c14-8-6-5-7(11(15)12(8)16)13(19)17-9-3-1-2-4-10(9)18/h5-6,9-10,18H,1-4H2,(H,17,19)/t9-,10-/m1/s1. The summed E-state index contributed by atoms with van der Waals surface area (Å²) in [5, 5.41) is 12.1. The van der Waals surface area contributed by atoms with Crippen molar-refractivity contribution in [3.8, 4) is 0 Å². The molecule has 0 spiro atoms. The maximum Gasteiger partial charge on any atom is 0.254 e. The van der Waals surface area contributed by atoms with E-state index in [1.807, 2.05) is 0 Å². The Balaban J connectivity index is 2.14. The number of hydrogen-bond acceptors (Lipinski definition) is 2. The van der Waals surface area contributed by atoms with Crippen molar-refractivity contribution < 1.29 is 23.1 Å². The smallest absolute Gasteiger partial charge is 0.254 e. The second-order valence-electron chi connectivity index (χ2n) is 4.65. The van der Waals surface area contributed by atoms with Gasteiger partial charge in [-0.05, 0) is 25.0 Å². The monoisotopic (exact) mass is 273 g/mol. The first kappa shape index (κ1) is 13.9. The average Bonchev–Trinajstić information content (AvgIpc) is 2.39. The average molecular weight is 273 g/mol. The molecule has 0 saturated heterocycles. The molecule has 3 nitrogen and oxygen atoms in total. The molecule has 0 radical (unpaired) electrons. The van der Waals surface area contributed by atoms with Gasteiger partial charge in [0.1, 0.15) is 0 Å². The van der Waals surface area contributed by atoms with E-state index < -0.39 is 41.1 Å². The zero-order chi connectivity index (χ0) is 14.0. The van der Waals surface area contributed by atoms with Crippen LogP contribution in [0.15, 0.2) is 12.1 Å². The third-order valence-corrected chi connectivity index (χ3v) is 3.33. The highest BCUT2D eigenvalue weighted by molar-refractivity contribution is 5.94. The van der Waals surface area contributed by atoms with Gasteiger partial charge in [-0.2, -0.15) is 0 Å². The summed E-state index contributed by atoms with van der Waals surface area (Å²) in [4.78, 5) is 11.8. The van der Waals surface area contributed by atoms with E-state index in [2.05, 4.69) is 5.32 Å². The SMILES string of the molecule is O=C(N[C@@H]1CCCC[C@H]1O)c1ccc(F)c(F)c1F. The Morgan fingerprint density at radius 3 is 2.53 bits per heavy atom. The Morgan fingerprint density at radius 2 is 1.84 bits per heavy atom. The molecule has 1 fully saturated rings. The fraction of sp³-hybridized carbons (Fsp3) is 0.462. The van der Waals surface area contributed by atoms with E-state index >= 15 is 0 Å². The van der Waals surface area contributed by atoms with Crippen LogP contribution in [0, 0.1) is 17.5 Å². The summed E-state index contributed by atoms with van der Waals surface area (Å²) in [7, 11) is 0. The van der Waals surface area contributed by atoms with Crippen molar-refractivity contribution in [2.24, 2.45) is 0 Å². The van der Waals surface area contributed by atoms with Gasteiger partial charge < -0.3 is 10.4 Å². The largest absolute Gasteiger partial charge is 0.391 e. The van der Waals surface area contributed by atoms with Gasteiger partial charge in [-0.25, -0.2) is 13.2 Å². The molecule has 1 saturated carbocycles. The molecule has 104 valence electrons. The second kappa shape index (κ2) is 5.61. The Hall–Kier alpha value is -1.56. The first-order valence-electron chi connectivity index (χ1n) is 6.13. The van der Waals surface area contributed by atoms with Crippen molar-refractivity contribution in [2.45, 2.75) is 37.8 Å². The molecule has 1 aromatic carbocycles. The van der Waals surface area contributed by atoms with Gasteiger partial charge in [0.25, 0.3) is 5.91 Å². The molecule has 0 aliphatic heterocycles. The van der Waals surface area contributed by atoms with Gasteiger partial charge in [0.2, 0.25) is 0 Å². The molecular weight excluding hydrogens is 259 g/mol. The molecule has 1 aliphatic carbocycles. The second-order valence-corrected chi connectivity index (χ2v) is 4.65. The lowest BCUT2D eigenvalue weighted by Crippen LogP contribution is -2.45. The van der Waals surface area contributed by atoms with Crippen LogP contribution < -0.4 is 5.32 Å². The first-order chi connectivity index (χ1) is 9.00. The highest BCUT2D eigenvalue weighted by Crippen LogP contribution is 2.20. The molecule has 2 N–H and O–H groups in total. The van der Waals surface area contributed by atoms with Crippen LogP contribution in [0.4, 0.5) is 13.2 Å². The van der Waals surface area contributed by atoms with Crippen molar-refractivity contribution in [3.63, 3.8) is 0 Å². The summed E-state index contributed by atoms with van der Waals surface area (Å²) in [5.74, 6) is -5.37. The van der Waals surface area contributed by atoms with Crippen molar-refractivity contribution in [2.75, 3.05) is 0 Å². The zero-order valence-corrected chi connectivity index (χ0v) is 10.1. The number of aliphatic hydroxyl groups excluding tert-OH is 1. The summed E-state index contributed by atoms with van der Waals surface area (Å²) < 4.78 is 39.2. The van der Waals surface area contributed by atoms with Gasteiger partial charge in [0.05, 0.1) is 17.7 Å². The highest BCUT2D eigenvalue weighted by atomic mass is 19.2. The summed E-state index contributed by atoms with van der Waals surface area (Å²) in [6.07, 6.45) is 2.17. The number of halogens is 3. The normalized spacial score (nSPS) is 23.2. The third-order valence-electron chi connectivity index (χ3n) is 3.33. The third kappa shape index (κ3) is 2.89. The van der Waals surface area contributed by atoms with Gasteiger partial charge in [-0.1, -0.05) is 12.8 Å². The lowest BCUT2D eigenvalue weighted by molar-refractivity contribution is 0.0713. The Bertz CT molecular complexity index is 493.